The molecule has 200 valence electrons. The Balaban J connectivity index is 1.61. The number of amides is 2. The van der Waals surface area contributed by atoms with Gasteiger partial charge in [-0.25, -0.2) is 9.78 Å². The van der Waals surface area contributed by atoms with E-state index in [1.54, 1.807) is 4.90 Å². The molecule has 1 N–H and O–H groups in total. The van der Waals surface area contributed by atoms with Crippen LogP contribution in [0.2, 0.25) is 0 Å². The molecule has 2 fully saturated rings. The third-order valence-corrected chi connectivity index (χ3v) is 8.57. The summed E-state index contributed by atoms with van der Waals surface area (Å²) in [6.07, 6.45) is 6.85. The highest BCUT2D eigenvalue weighted by atomic mass is 16.5. The summed E-state index contributed by atoms with van der Waals surface area (Å²) in [6.45, 7) is 5.52. The molecular weight excluding hydrogens is 472 g/mol. The summed E-state index contributed by atoms with van der Waals surface area (Å²) in [6, 6.07) is 4.08. The number of rotatable bonds is 5. The second-order valence-electron chi connectivity index (χ2n) is 11.1. The molecule has 5 rings (SSSR count). The Kier molecular flexibility index (Phi) is 7.14. The number of methoxy groups -OCH3 is 1. The maximum atomic E-state index is 12.6. The van der Waals surface area contributed by atoms with Gasteiger partial charge in [0.05, 0.1) is 29.7 Å². The number of hydrogen-bond acceptors (Lipinski definition) is 5. The van der Waals surface area contributed by atoms with Gasteiger partial charge in [-0.1, -0.05) is 13.3 Å². The first-order valence-corrected chi connectivity index (χ1v) is 13.7. The van der Waals surface area contributed by atoms with Crippen LogP contribution in [0.5, 0.6) is 0 Å². The number of piperidine rings is 1. The van der Waals surface area contributed by atoms with Gasteiger partial charge in [0.2, 0.25) is 5.91 Å². The number of aryl methyl sites for hydroxylation is 1. The Bertz CT molecular complexity index is 1210. The van der Waals surface area contributed by atoms with Crippen LogP contribution in [0.4, 0.5) is 10.5 Å². The first kappa shape index (κ1) is 25.5. The van der Waals surface area contributed by atoms with Crippen molar-refractivity contribution in [3.63, 3.8) is 0 Å². The van der Waals surface area contributed by atoms with Gasteiger partial charge in [0, 0.05) is 43.1 Å². The largest absolute Gasteiger partial charge is 0.481 e. The van der Waals surface area contributed by atoms with Crippen LogP contribution in [-0.4, -0.2) is 63.8 Å². The van der Waals surface area contributed by atoms with Gasteiger partial charge in [-0.3, -0.25) is 14.5 Å². The molecule has 9 heteroatoms. The van der Waals surface area contributed by atoms with Crippen molar-refractivity contribution >= 4 is 34.7 Å². The minimum absolute atomic E-state index is 0.00507. The van der Waals surface area contributed by atoms with Crippen molar-refractivity contribution in [3.05, 3.63) is 23.5 Å². The van der Waals surface area contributed by atoms with E-state index < -0.39 is 5.97 Å². The van der Waals surface area contributed by atoms with E-state index in [0.29, 0.717) is 25.8 Å². The average Bonchev–Trinajstić information content (AvgIpc) is 3.29. The number of imidazole rings is 1. The van der Waals surface area contributed by atoms with Crippen LogP contribution in [0.1, 0.15) is 88.6 Å². The summed E-state index contributed by atoms with van der Waals surface area (Å²) >= 11 is 0. The highest BCUT2D eigenvalue weighted by Crippen LogP contribution is 2.41. The lowest BCUT2D eigenvalue weighted by molar-refractivity contribution is -0.143. The van der Waals surface area contributed by atoms with Crippen molar-refractivity contribution in [1.29, 1.82) is 0 Å². The minimum Gasteiger partial charge on any atom is -0.481 e. The van der Waals surface area contributed by atoms with E-state index in [0.717, 1.165) is 73.2 Å². The van der Waals surface area contributed by atoms with E-state index >= 15 is 0 Å². The summed E-state index contributed by atoms with van der Waals surface area (Å²) in [4.78, 5) is 46.0. The van der Waals surface area contributed by atoms with Crippen molar-refractivity contribution in [2.45, 2.75) is 89.6 Å². The lowest BCUT2D eigenvalue weighted by Gasteiger charge is -2.34. The summed E-state index contributed by atoms with van der Waals surface area (Å²) in [5, 5.41) is 9.76. The zero-order valence-corrected chi connectivity index (χ0v) is 22.1. The molecule has 1 aliphatic carbocycles. The molecule has 0 bridgehead atoms. The highest BCUT2D eigenvalue weighted by molar-refractivity contribution is 5.95. The quantitative estimate of drug-likeness (QED) is 0.615. The monoisotopic (exact) mass is 510 g/mol. The van der Waals surface area contributed by atoms with Gasteiger partial charge in [-0.15, -0.1) is 0 Å². The van der Waals surface area contributed by atoms with E-state index in [4.69, 9.17) is 9.72 Å². The number of carbonyl (C=O) groups excluding carboxylic acids is 2. The summed E-state index contributed by atoms with van der Waals surface area (Å²) in [5.74, 6) is -0.000854. The van der Waals surface area contributed by atoms with Gasteiger partial charge in [-0.2, -0.15) is 0 Å². The molecule has 1 saturated carbocycles. The maximum Gasteiger partial charge on any atom is 0.414 e. The molecule has 1 saturated heterocycles. The lowest BCUT2D eigenvalue weighted by Crippen LogP contribution is -2.42. The van der Waals surface area contributed by atoms with Crippen LogP contribution in [-0.2, 0) is 20.7 Å². The zero-order valence-electron chi connectivity index (χ0n) is 22.1. The number of aromatic nitrogens is 2. The van der Waals surface area contributed by atoms with Gasteiger partial charge >= 0.3 is 12.1 Å². The number of aliphatic carboxylic acids is 1. The summed E-state index contributed by atoms with van der Waals surface area (Å²) < 4.78 is 7.36. The van der Waals surface area contributed by atoms with Gasteiger partial charge in [-0.05, 0) is 64.0 Å². The second-order valence-corrected chi connectivity index (χ2v) is 11.1. The van der Waals surface area contributed by atoms with Crippen molar-refractivity contribution in [2.24, 2.45) is 5.92 Å². The van der Waals surface area contributed by atoms with Crippen molar-refractivity contribution in [2.75, 3.05) is 25.1 Å². The molecule has 0 radical (unpaired) electrons. The molecule has 3 aliphatic rings. The highest BCUT2D eigenvalue weighted by Gasteiger charge is 2.35. The Hall–Kier alpha value is -3.10. The van der Waals surface area contributed by atoms with Crippen molar-refractivity contribution < 1.29 is 24.2 Å². The summed E-state index contributed by atoms with van der Waals surface area (Å²) in [5.41, 5.74) is 3.73. The van der Waals surface area contributed by atoms with Crippen molar-refractivity contribution in [3.8, 4) is 0 Å². The fourth-order valence-corrected chi connectivity index (χ4v) is 6.61. The van der Waals surface area contributed by atoms with Crippen LogP contribution >= 0.6 is 0 Å². The number of ether oxygens (including phenoxy) is 1. The van der Waals surface area contributed by atoms with E-state index in [2.05, 4.69) is 11.5 Å². The Morgan fingerprint density at radius 2 is 1.97 bits per heavy atom. The molecule has 2 aromatic rings. The van der Waals surface area contributed by atoms with Crippen LogP contribution in [0, 0.1) is 5.92 Å². The standard InChI is InChI=1S/C28H38N4O5/c1-17(16-30-14-5-4-9-24(30)33)26-29-25-21-11-10-18(2)31(28(36)37-3)22(21)12-13-23(25)32(26)20-8-6-7-19(15-20)27(34)35/h12-13,17-20H,4-11,14-16H2,1-3H3,(H,34,35)/t17?,18-,19?,20?/m0/s1. The predicted octanol–water partition coefficient (Wildman–Crippen LogP) is 4.88. The first-order valence-electron chi connectivity index (χ1n) is 13.7. The van der Waals surface area contributed by atoms with Gasteiger partial charge in [0.25, 0.3) is 0 Å². The predicted molar refractivity (Wildman–Crippen MR) is 140 cm³/mol. The smallest absolute Gasteiger partial charge is 0.414 e. The SMILES string of the molecule is COC(=O)N1c2ccc3c(nc(C(C)CN4CCCCC4=O)n3C3CCCC(C(=O)O)C3)c2CC[C@@H]1C. The number of likely N-dealkylation sites (tertiary alicyclic amines) is 1. The number of benzene rings is 1. The van der Waals surface area contributed by atoms with E-state index in [9.17, 15) is 19.5 Å². The van der Waals surface area contributed by atoms with Crippen LogP contribution in [0.15, 0.2) is 12.1 Å². The molecular formula is C28H38N4O5. The van der Waals surface area contributed by atoms with Gasteiger partial charge in [0.15, 0.2) is 0 Å². The fourth-order valence-electron chi connectivity index (χ4n) is 6.61. The topological polar surface area (TPSA) is 105 Å². The Labute approximate surface area is 217 Å². The van der Waals surface area contributed by atoms with Gasteiger partial charge in [0.1, 0.15) is 5.82 Å². The Morgan fingerprint density at radius 3 is 2.70 bits per heavy atom. The number of nitrogens with zero attached hydrogens (tertiary/aromatic N) is 4. The minimum atomic E-state index is -0.734. The third kappa shape index (κ3) is 4.68. The van der Waals surface area contributed by atoms with E-state index in [1.807, 2.05) is 24.0 Å². The number of fused-ring (bicyclic) bond motifs is 3. The first-order chi connectivity index (χ1) is 17.8. The maximum absolute atomic E-state index is 12.6. The normalized spacial score (nSPS) is 25.2. The van der Waals surface area contributed by atoms with Crippen LogP contribution < -0.4 is 4.90 Å². The number of carboxylic acid groups (broad SMARTS) is 1. The van der Waals surface area contributed by atoms with Crippen LogP contribution in [0.25, 0.3) is 11.0 Å². The van der Waals surface area contributed by atoms with E-state index in [1.165, 1.54) is 7.11 Å². The molecule has 3 unspecified atom stereocenters. The molecule has 0 spiro atoms. The lowest BCUT2D eigenvalue weighted by atomic mass is 9.85. The number of hydrogen-bond donors (Lipinski definition) is 1. The number of carboxylic acids is 1. The molecule has 37 heavy (non-hydrogen) atoms. The molecule has 1 aromatic carbocycles. The second kappa shape index (κ2) is 10.3. The number of carbonyl (C=O) groups is 3. The van der Waals surface area contributed by atoms with E-state index in [-0.39, 0.29) is 35.9 Å². The molecule has 2 amide bonds. The number of anilines is 1. The van der Waals surface area contributed by atoms with Crippen molar-refractivity contribution in [1.82, 2.24) is 14.5 Å². The van der Waals surface area contributed by atoms with Gasteiger partial charge < -0.3 is 19.3 Å². The average molecular weight is 511 g/mol. The Morgan fingerprint density at radius 1 is 1.16 bits per heavy atom. The molecule has 2 aliphatic heterocycles. The molecule has 1 aromatic heterocycles. The third-order valence-electron chi connectivity index (χ3n) is 8.57. The van der Waals surface area contributed by atoms with Crippen LogP contribution in [0.3, 0.4) is 0 Å². The zero-order chi connectivity index (χ0) is 26.3. The molecule has 4 atom stereocenters. The molecule has 3 heterocycles. The fraction of sp³-hybridized carbons (Fsp3) is 0.643. The molecule has 9 nitrogen and oxygen atoms in total. The summed E-state index contributed by atoms with van der Waals surface area (Å²) in [7, 11) is 1.40.